The molecule has 0 aliphatic rings. The van der Waals surface area contributed by atoms with Gasteiger partial charge in [0.2, 0.25) is 0 Å². The van der Waals surface area contributed by atoms with Gasteiger partial charge in [0.25, 0.3) is 0 Å². The maximum atomic E-state index is 9.78. The summed E-state index contributed by atoms with van der Waals surface area (Å²) >= 11 is 5.96. The van der Waals surface area contributed by atoms with Crippen LogP contribution in [0.5, 0.6) is 5.75 Å². The molecule has 0 saturated heterocycles. The summed E-state index contributed by atoms with van der Waals surface area (Å²) in [5.41, 5.74) is 2.82. The monoisotopic (exact) mass is 291 g/mol. The lowest BCUT2D eigenvalue weighted by Crippen LogP contribution is -2.04. The lowest BCUT2D eigenvalue weighted by molar-refractivity contribution is 0.200. The van der Waals surface area contributed by atoms with Gasteiger partial charge in [-0.2, -0.15) is 0 Å². The third-order valence-corrected chi connectivity index (χ3v) is 3.34. The summed E-state index contributed by atoms with van der Waals surface area (Å²) in [5.74, 6) is 0.838. The molecule has 0 aromatic heterocycles. The first-order valence-corrected chi connectivity index (χ1v) is 6.82. The van der Waals surface area contributed by atoms with Gasteiger partial charge in [-0.25, -0.2) is 0 Å². The highest BCUT2D eigenvalue weighted by Crippen LogP contribution is 2.26. The van der Waals surface area contributed by atoms with E-state index in [1.165, 1.54) is 0 Å². The average Bonchev–Trinajstić information content (AvgIpc) is 2.46. The standard InChI is InChI=1S/C16H18ClNO2/c1-11(19)15-9-13(17)5-8-16(15)18-10-12-3-6-14(20-2)7-4-12/h3-9,11,18-19H,10H2,1-2H3. The van der Waals surface area contributed by atoms with Crippen molar-refractivity contribution >= 4 is 17.3 Å². The molecule has 2 aromatic carbocycles. The minimum atomic E-state index is -0.563. The number of ether oxygens (including phenoxy) is 1. The molecule has 1 atom stereocenters. The first-order valence-electron chi connectivity index (χ1n) is 6.44. The maximum Gasteiger partial charge on any atom is 0.118 e. The number of hydrogen-bond donors (Lipinski definition) is 2. The second-order valence-electron chi connectivity index (χ2n) is 4.61. The van der Waals surface area contributed by atoms with Gasteiger partial charge in [-0.3, -0.25) is 0 Å². The molecule has 106 valence electrons. The third kappa shape index (κ3) is 3.65. The summed E-state index contributed by atoms with van der Waals surface area (Å²) in [6.07, 6.45) is -0.563. The van der Waals surface area contributed by atoms with Crippen molar-refractivity contribution in [2.75, 3.05) is 12.4 Å². The quantitative estimate of drug-likeness (QED) is 0.874. The molecular weight excluding hydrogens is 274 g/mol. The number of aliphatic hydroxyl groups excluding tert-OH is 1. The Balaban J connectivity index is 2.10. The zero-order valence-electron chi connectivity index (χ0n) is 11.6. The molecule has 0 amide bonds. The number of halogens is 1. The number of methoxy groups -OCH3 is 1. The van der Waals surface area contributed by atoms with Gasteiger partial charge in [-0.15, -0.1) is 0 Å². The van der Waals surface area contributed by atoms with Crippen LogP contribution in [-0.2, 0) is 6.54 Å². The van der Waals surface area contributed by atoms with Crippen molar-refractivity contribution in [3.8, 4) is 5.75 Å². The van der Waals surface area contributed by atoms with E-state index in [2.05, 4.69) is 5.32 Å². The summed E-state index contributed by atoms with van der Waals surface area (Å²) in [7, 11) is 1.65. The maximum absolute atomic E-state index is 9.78. The molecule has 0 bridgehead atoms. The summed E-state index contributed by atoms with van der Waals surface area (Å²) in [6, 6.07) is 13.3. The molecule has 2 aromatic rings. The van der Waals surface area contributed by atoms with Gasteiger partial charge in [0.05, 0.1) is 13.2 Å². The van der Waals surface area contributed by atoms with Crippen LogP contribution >= 0.6 is 11.6 Å². The van der Waals surface area contributed by atoms with Crippen LogP contribution in [0.1, 0.15) is 24.2 Å². The fraction of sp³-hybridized carbons (Fsp3) is 0.250. The topological polar surface area (TPSA) is 41.5 Å². The van der Waals surface area contributed by atoms with E-state index in [1.54, 1.807) is 20.1 Å². The van der Waals surface area contributed by atoms with Crippen LogP contribution in [0.15, 0.2) is 42.5 Å². The number of hydrogen-bond acceptors (Lipinski definition) is 3. The highest BCUT2D eigenvalue weighted by molar-refractivity contribution is 6.30. The predicted molar refractivity (Wildman–Crippen MR) is 82.4 cm³/mol. The summed E-state index contributed by atoms with van der Waals surface area (Å²) in [5, 5.41) is 13.7. The van der Waals surface area contributed by atoms with Crippen LogP contribution in [-0.4, -0.2) is 12.2 Å². The van der Waals surface area contributed by atoms with Crippen LogP contribution < -0.4 is 10.1 Å². The average molecular weight is 292 g/mol. The second kappa shape index (κ2) is 6.64. The van der Waals surface area contributed by atoms with Crippen molar-refractivity contribution in [2.45, 2.75) is 19.6 Å². The fourth-order valence-electron chi connectivity index (χ4n) is 1.98. The molecule has 0 aliphatic carbocycles. The minimum Gasteiger partial charge on any atom is -0.497 e. The molecule has 1 unspecified atom stereocenters. The van der Waals surface area contributed by atoms with Gasteiger partial charge in [0, 0.05) is 22.8 Å². The fourth-order valence-corrected chi connectivity index (χ4v) is 2.16. The van der Waals surface area contributed by atoms with Gasteiger partial charge in [-0.05, 0) is 42.8 Å². The Morgan fingerprint density at radius 3 is 2.50 bits per heavy atom. The van der Waals surface area contributed by atoms with Crippen LogP contribution in [0.2, 0.25) is 5.02 Å². The van der Waals surface area contributed by atoms with Gasteiger partial charge in [-0.1, -0.05) is 23.7 Å². The van der Waals surface area contributed by atoms with E-state index in [4.69, 9.17) is 16.3 Å². The lowest BCUT2D eigenvalue weighted by Gasteiger charge is -2.14. The summed E-state index contributed by atoms with van der Waals surface area (Å²) in [4.78, 5) is 0. The molecular formula is C16H18ClNO2. The molecule has 2 rings (SSSR count). The summed E-state index contributed by atoms with van der Waals surface area (Å²) in [6.45, 7) is 2.40. The van der Waals surface area contributed by atoms with Crippen molar-refractivity contribution in [1.82, 2.24) is 0 Å². The molecule has 0 radical (unpaired) electrons. The lowest BCUT2D eigenvalue weighted by atomic mass is 10.1. The molecule has 4 heteroatoms. The van der Waals surface area contributed by atoms with E-state index in [1.807, 2.05) is 36.4 Å². The number of rotatable bonds is 5. The highest BCUT2D eigenvalue weighted by atomic mass is 35.5. The Kier molecular flexibility index (Phi) is 4.88. The number of aliphatic hydroxyl groups is 1. The van der Waals surface area contributed by atoms with E-state index in [0.29, 0.717) is 11.6 Å². The van der Waals surface area contributed by atoms with Crippen molar-refractivity contribution in [2.24, 2.45) is 0 Å². The van der Waals surface area contributed by atoms with E-state index >= 15 is 0 Å². The highest BCUT2D eigenvalue weighted by Gasteiger charge is 2.08. The molecule has 0 aliphatic heterocycles. The Morgan fingerprint density at radius 2 is 1.90 bits per heavy atom. The Morgan fingerprint density at radius 1 is 1.20 bits per heavy atom. The second-order valence-corrected chi connectivity index (χ2v) is 5.05. The van der Waals surface area contributed by atoms with Gasteiger partial charge < -0.3 is 15.2 Å². The van der Waals surface area contributed by atoms with Gasteiger partial charge >= 0.3 is 0 Å². The first kappa shape index (κ1) is 14.7. The molecule has 2 N–H and O–H groups in total. The molecule has 20 heavy (non-hydrogen) atoms. The van der Waals surface area contributed by atoms with Crippen LogP contribution in [0, 0.1) is 0 Å². The number of benzene rings is 2. The third-order valence-electron chi connectivity index (χ3n) is 3.11. The Bertz CT molecular complexity index is 567. The summed E-state index contributed by atoms with van der Waals surface area (Å²) < 4.78 is 5.13. The molecule has 3 nitrogen and oxygen atoms in total. The van der Waals surface area contributed by atoms with E-state index in [-0.39, 0.29) is 0 Å². The molecule has 0 spiro atoms. The number of anilines is 1. The van der Waals surface area contributed by atoms with Crippen molar-refractivity contribution in [1.29, 1.82) is 0 Å². The van der Waals surface area contributed by atoms with Crippen molar-refractivity contribution in [3.05, 3.63) is 58.6 Å². The van der Waals surface area contributed by atoms with Crippen LogP contribution in [0.3, 0.4) is 0 Å². The van der Waals surface area contributed by atoms with Gasteiger partial charge in [0.1, 0.15) is 5.75 Å². The van der Waals surface area contributed by atoms with E-state index < -0.39 is 6.10 Å². The van der Waals surface area contributed by atoms with Crippen molar-refractivity contribution in [3.63, 3.8) is 0 Å². The van der Waals surface area contributed by atoms with E-state index in [9.17, 15) is 5.11 Å². The number of nitrogens with one attached hydrogen (secondary N) is 1. The zero-order valence-corrected chi connectivity index (χ0v) is 12.3. The molecule has 0 heterocycles. The SMILES string of the molecule is COc1ccc(CNc2ccc(Cl)cc2C(C)O)cc1. The van der Waals surface area contributed by atoms with Crippen LogP contribution in [0.4, 0.5) is 5.69 Å². The smallest absolute Gasteiger partial charge is 0.118 e. The van der Waals surface area contributed by atoms with Crippen molar-refractivity contribution < 1.29 is 9.84 Å². The van der Waals surface area contributed by atoms with Gasteiger partial charge in [0.15, 0.2) is 0 Å². The van der Waals surface area contributed by atoms with E-state index in [0.717, 1.165) is 22.6 Å². The molecule has 0 fully saturated rings. The minimum absolute atomic E-state index is 0.563. The predicted octanol–water partition coefficient (Wildman–Crippen LogP) is 4.01. The normalized spacial score (nSPS) is 12.0. The largest absolute Gasteiger partial charge is 0.497 e. The zero-order chi connectivity index (χ0) is 14.5. The first-order chi connectivity index (χ1) is 9.60. The van der Waals surface area contributed by atoms with Crippen LogP contribution in [0.25, 0.3) is 0 Å². The Hall–Kier alpha value is -1.71. The Labute approximate surface area is 124 Å². The molecule has 0 saturated carbocycles.